The fourth-order valence-corrected chi connectivity index (χ4v) is 4.68. The molecule has 9 nitrogen and oxygen atoms in total. The number of benzene rings is 2. The van der Waals surface area contributed by atoms with Gasteiger partial charge in [0.15, 0.2) is 5.65 Å². The lowest BCUT2D eigenvalue weighted by atomic mass is 10.1. The van der Waals surface area contributed by atoms with Crippen molar-refractivity contribution < 1.29 is 9.53 Å². The number of nitrogens with one attached hydrogen (secondary N) is 1. The zero-order chi connectivity index (χ0) is 25.4. The third kappa shape index (κ3) is 4.24. The lowest BCUT2D eigenvalue weighted by Gasteiger charge is -2.15. The van der Waals surface area contributed by atoms with Gasteiger partial charge in [-0.15, -0.1) is 0 Å². The summed E-state index contributed by atoms with van der Waals surface area (Å²) in [5, 5.41) is 7.69. The Morgan fingerprint density at radius 1 is 1.08 bits per heavy atom. The lowest BCUT2D eigenvalue weighted by Crippen LogP contribution is -2.21. The molecule has 0 saturated carbocycles. The number of carbonyl (C=O) groups excluding carboxylic acids is 1. The van der Waals surface area contributed by atoms with Gasteiger partial charge in [-0.25, -0.2) is 14.5 Å². The van der Waals surface area contributed by atoms with Crippen LogP contribution in [0.4, 0.5) is 11.6 Å². The molecule has 0 spiro atoms. The molecule has 1 N–H and O–H groups in total. The smallest absolute Gasteiger partial charge is 0.343 e. The number of carbonyl (C=O) groups is 1. The number of nitrogens with zero attached hydrogens (tertiary/aromatic N) is 5. The first-order valence-corrected chi connectivity index (χ1v) is 12.2. The topological polar surface area (TPSA) is 104 Å². The van der Waals surface area contributed by atoms with Gasteiger partial charge in [-0.1, -0.05) is 6.07 Å². The molecule has 0 fully saturated rings. The zero-order valence-electron chi connectivity index (χ0n) is 20.2. The Balaban J connectivity index is 1.43. The van der Waals surface area contributed by atoms with Crippen molar-refractivity contribution >= 4 is 28.6 Å². The summed E-state index contributed by atoms with van der Waals surface area (Å²) in [6.45, 7) is 1.88. The van der Waals surface area contributed by atoms with Crippen LogP contribution in [-0.4, -0.2) is 36.9 Å². The highest BCUT2D eigenvalue weighted by atomic mass is 16.5. The average molecular weight is 493 g/mol. The molecule has 3 heterocycles. The third-order valence-electron chi connectivity index (χ3n) is 6.49. The molecule has 0 amide bonds. The first-order chi connectivity index (χ1) is 18.1. The molecular formula is C28H24N6O3. The summed E-state index contributed by atoms with van der Waals surface area (Å²) in [4.78, 5) is 34.9. The van der Waals surface area contributed by atoms with E-state index in [-0.39, 0.29) is 17.6 Å². The van der Waals surface area contributed by atoms with Crippen LogP contribution < -0.4 is 10.7 Å². The van der Waals surface area contributed by atoms with Gasteiger partial charge < -0.3 is 14.6 Å². The van der Waals surface area contributed by atoms with Gasteiger partial charge in [0.1, 0.15) is 5.56 Å². The predicted molar refractivity (Wildman–Crippen MR) is 140 cm³/mol. The van der Waals surface area contributed by atoms with Crippen molar-refractivity contribution in [3.63, 3.8) is 0 Å². The molecule has 0 atom stereocenters. The van der Waals surface area contributed by atoms with Crippen LogP contribution in [0, 0.1) is 0 Å². The summed E-state index contributed by atoms with van der Waals surface area (Å²) in [5.74, 6) is -0.332. The van der Waals surface area contributed by atoms with Crippen molar-refractivity contribution in [1.29, 1.82) is 0 Å². The first kappa shape index (κ1) is 22.7. The minimum Gasteiger partial charge on any atom is -0.462 e. The Bertz CT molecular complexity index is 1670. The van der Waals surface area contributed by atoms with E-state index in [4.69, 9.17) is 9.72 Å². The van der Waals surface area contributed by atoms with Crippen molar-refractivity contribution in [2.45, 2.75) is 26.2 Å². The molecule has 1 aliphatic carbocycles. The second kappa shape index (κ2) is 9.34. The number of rotatable bonds is 6. The van der Waals surface area contributed by atoms with Crippen LogP contribution in [0.2, 0.25) is 0 Å². The monoisotopic (exact) mass is 492 g/mol. The molecule has 0 radical (unpaired) electrons. The molecule has 0 unspecified atom stereocenters. The van der Waals surface area contributed by atoms with Gasteiger partial charge in [0, 0.05) is 36.2 Å². The fourth-order valence-electron chi connectivity index (χ4n) is 4.68. The second-order valence-electron chi connectivity index (χ2n) is 8.82. The zero-order valence-corrected chi connectivity index (χ0v) is 20.2. The van der Waals surface area contributed by atoms with Crippen LogP contribution in [-0.2, 0) is 17.6 Å². The first-order valence-electron chi connectivity index (χ1n) is 12.2. The average Bonchev–Trinajstić information content (AvgIpc) is 3.62. The summed E-state index contributed by atoms with van der Waals surface area (Å²) in [5.41, 5.74) is 5.03. The molecule has 0 saturated heterocycles. The van der Waals surface area contributed by atoms with Gasteiger partial charge in [0.25, 0.3) is 0 Å². The van der Waals surface area contributed by atoms with E-state index in [2.05, 4.69) is 27.5 Å². The van der Waals surface area contributed by atoms with E-state index in [0.29, 0.717) is 11.6 Å². The van der Waals surface area contributed by atoms with E-state index in [1.54, 1.807) is 22.4 Å². The van der Waals surface area contributed by atoms with E-state index in [0.717, 1.165) is 36.3 Å². The second-order valence-corrected chi connectivity index (χ2v) is 8.82. The van der Waals surface area contributed by atoms with Gasteiger partial charge in [-0.05, 0) is 79.8 Å². The maximum absolute atomic E-state index is 13.2. The molecule has 5 aromatic rings. The number of hydrogen-bond acceptors (Lipinski definition) is 7. The Hall–Kier alpha value is -4.79. The Morgan fingerprint density at radius 3 is 2.68 bits per heavy atom. The van der Waals surface area contributed by atoms with E-state index in [9.17, 15) is 9.59 Å². The van der Waals surface area contributed by atoms with Crippen molar-refractivity contribution in [1.82, 2.24) is 24.3 Å². The molecule has 6 rings (SSSR count). The summed E-state index contributed by atoms with van der Waals surface area (Å²) < 4.78 is 8.69. The van der Waals surface area contributed by atoms with Gasteiger partial charge in [-0.2, -0.15) is 10.1 Å². The predicted octanol–water partition coefficient (Wildman–Crippen LogP) is 4.38. The maximum atomic E-state index is 13.2. The van der Waals surface area contributed by atoms with E-state index in [1.807, 2.05) is 42.6 Å². The van der Waals surface area contributed by atoms with Crippen LogP contribution >= 0.6 is 0 Å². The van der Waals surface area contributed by atoms with Gasteiger partial charge in [-0.3, -0.25) is 4.79 Å². The SMILES string of the molecule is CCOC(=O)c1cn(-c2ccc3c(c2)CCC3)c2nc(Nc3ccc(-n4cccn4)cc3)ncc2c1=O. The van der Waals surface area contributed by atoms with Crippen molar-refractivity contribution in [3.05, 3.63) is 100 Å². The number of anilines is 2. The highest BCUT2D eigenvalue weighted by molar-refractivity contribution is 5.93. The number of esters is 1. The molecule has 9 heteroatoms. The van der Waals surface area contributed by atoms with E-state index < -0.39 is 11.4 Å². The highest BCUT2D eigenvalue weighted by Crippen LogP contribution is 2.26. The number of aromatic nitrogens is 5. The number of ether oxygens (including phenoxy) is 1. The van der Waals surface area contributed by atoms with Gasteiger partial charge in [0.2, 0.25) is 11.4 Å². The molecule has 0 aliphatic heterocycles. The van der Waals surface area contributed by atoms with Crippen LogP contribution in [0.3, 0.4) is 0 Å². The number of aryl methyl sites for hydroxylation is 2. The summed E-state index contributed by atoms with van der Waals surface area (Å²) >= 11 is 0. The number of fused-ring (bicyclic) bond motifs is 2. The molecule has 0 bridgehead atoms. The van der Waals surface area contributed by atoms with Crippen LogP contribution in [0.5, 0.6) is 0 Å². The normalized spacial score (nSPS) is 12.5. The van der Waals surface area contributed by atoms with Gasteiger partial charge in [0.05, 0.1) is 17.7 Å². The number of pyridine rings is 1. The van der Waals surface area contributed by atoms with Crippen molar-refractivity contribution in [3.8, 4) is 11.4 Å². The Labute approximate surface area is 212 Å². The third-order valence-corrected chi connectivity index (χ3v) is 6.49. The van der Waals surface area contributed by atoms with E-state index in [1.165, 1.54) is 23.5 Å². The summed E-state index contributed by atoms with van der Waals surface area (Å²) in [6, 6.07) is 15.7. The number of hydrogen-bond donors (Lipinski definition) is 1. The van der Waals surface area contributed by atoms with E-state index >= 15 is 0 Å². The quantitative estimate of drug-likeness (QED) is 0.351. The van der Waals surface area contributed by atoms with Gasteiger partial charge >= 0.3 is 5.97 Å². The largest absolute Gasteiger partial charge is 0.462 e. The Kier molecular flexibility index (Phi) is 5.72. The summed E-state index contributed by atoms with van der Waals surface area (Å²) in [6.07, 6.45) is 9.76. The molecular weight excluding hydrogens is 468 g/mol. The Morgan fingerprint density at radius 2 is 1.89 bits per heavy atom. The highest BCUT2D eigenvalue weighted by Gasteiger charge is 2.20. The van der Waals surface area contributed by atoms with Crippen LogP contribution in [0.25, 0.3) is 22.4 Å². The van der Waals surface area contributed by atoms with Crippen molar-refractivity contribution in [2.24, 2.45) is 0 Å². The van der Waals surface area contributed by atoms with Crippen LogP contribution in [0.15, 0.2) is 78.1 Å². The van der Waals surface area contributed by atoms with Crippen LogP contribution in [0.1, 0.15) is 34.8 Å². The standard InChI is InChI=1S/C28H24N6O3/c1-2-37-27(36)24-17-33(22-10-7-18-5-3-6-19(18)15-22)26-23(25(24)35)16-29-28(32-26)31-20-8-11-21(12-9-20)34-14-4-13-30-34/h4,7-17H,2-3,5-6H2,1H3,(H,29,31,32). The molecule has 1 aliphatic rings. The lowest BCUT2D eigenvalue weighted by molar-refractivity contribution is 0.0524. The fraction of sp³-hybridized carbons (Fsp3) is 0.179. The maximum Gasteiger partial charge on any atom is 0.343 e. The summed E-state index contributed by atoms with van der Waals surface area (Å²) in [7, 11) is 0. The minimum absolute atomic E-state index is 0.0478. The molecule has 2 aromatic carbocycles. The van der Waals surface area contributed by atoms with Crippen molar-refractivity contribution in [2.75, 3.05) is 11.9 Å². The molecule has 3 aromatic heterocycles. The molecule has 184 valence electrons. The minimum atomic E-state index is -0.663. The molecule has 37 heavy (non-hydrogen) atoms.